The summed E-state index contributed by atoms with van der Waals surface area (Å²) in [6.45, 7) is 4.02. The number of carboxylic acids is 1. The Bertz CT molecular complexity index is 526. The van der Waals surface area contributed by atoms with E-state index in [0.717, 1.165) is 6.42 Å². The highest BCUT2D eigenvalue weighted by Crippen LogP contribution is 2.12. The molecule has 0 aliphatic rings. The van der Waals surface area contributed by atoms with Crippen LogP contribution in [0.5, 0.6) is 0 Å². The van der Waals surface area contributed by atoms with Crippen LogP contribution in [0.4, 0.5) is 5.69 Å². The van der Waals surface area contributed by atoms with Gasteiger partial charge in [0.25, 0.3) is 0 Å². The molecular weight excluding hydrogens is 318 g/mol. The van der Waals surface area contributed by atoms with E-state index in [-0.39, 0.29) is 11.7 Å². The van der Waals surface area contributed by atoms with Crippen LogP contribution in [0, 0.1) is 0 Å². The van der Waals surface area contributed by atoms with E-state index in [9.17, 15) is 9.59 Å². The minimum Gasteiger partial charge on any atom is -0.480 e. The molecule has 0 bridgehead atoms. The summed E-state index contributed by atoms with van der Waals surface area (Å²) in [5.74, 6) is -0.662. The lowest BCUT2D eigenvalue weighted by Crippen LogP contribution is -2.41. The normalized spacial score (nSPS) is 12.1. The Morgan fingerprint density at radius 3 is 2.87 bits per heavy atom. The van der Waals surface area contributed by atoms with Crippen LogP contribution in [0.15, 0.2) is 34.9 Å². The van der Waals surface area contributed by atoms with E-state index in [1.165, 1.54) is 18.7 Å². The number of rotatable bonds is 10. The van der Waals surface area contributed by atoms with E-state index in [2.05, 4.69) is 20.6 Å². The number of amides is 1. The molecule has 1 unspecified atom stereocenters. The number of thioether (sulfide) groups is 1. The maximum absolute atomic E-state index is 11.1. The second-order valence-electron chi connectivity index (χ2n) is 4.72. The summed E-state index contributed by atoms with van der Waals surface area (Å²) in [5, 5.41) is 21.5. The maximum atomic E-state index is 11.1. The SMILES string of the molecule is CCCN(CSCC(NC(C)=O)C(=O)O)N=Nc1cccnc1. The zero-order valence-corrected chi connectivity index (χ0v) is 14.0. The lowest BCUT2D eigenvalue weighted by Gasteiger charge is -2.18. The highest BCUT2D eigenvalue weighted by Gasteiger charge is 2.18. The first-order valence-electron chi connectivity index (χ1n) is 7.17. The second kappa shape index (κ2) is 10.5. The molecule has 0 saturated carbocycles. The zero-order chi connectivity index (χ0) is 17.1. The van der Waals surface area contributed by atoms with Crippen LogP contribution < -0.4 is 5.32 Å². The standard InChI is InChI=1S/C14H21N5O3S/c1-3-7-19(18-17-12-5-4-6-15-8-12)10-23-9-13(14(21)22)16-11(2)20/h4-6,8,13H,3,7,9-10H2,1-2H3,(H,16,20)(H,21,22). The molecule has 1 amide bonds. The number of nitrogens with one attached hydrogen (secondary N) is 1. The van der Waals surface area contributed by atoms with Crippen molar-refractivity contribution in [2.75, 3.05) is 18.2 Å². The minimum atomic E-state index is -1.05. The molecule has 9 heteroatoms. The molecule has 2 N–H and O–H groups in total. The quantitative estimate of drug-likeness (QED) is 0.384. The third-order valence-electron chi connectivity index (χ3n) is 2.61. The summed E-state index contributed by atoms with van der Waals surface area (Å²) in [5.41, 5.74) is 0.653. The van der Waals surface area contributed by atoms with Gasteiger partial charge in [0.1, 0.15) is 11.7 Å². The van der Waals surface area contributed by atoms with Crippen LogP contribution in [-0.4, -0.2) is 51.2 Å². The Kier molecular flexibility index (Phi) is 8.66. The lowest BCUT2D eigenvalue weighted by molar-refractivity contribution is -0.140. The third-order valence-corrected chi connectivity index (χ3v) is 3.66. The summed E-state index contributed by atoms with van der Waals surface area (Å²) in [6.07, 6.45) is 4.16. The second-order valence-corrected chi connectivity index (χ2v) is 5.72. The van der Waals surface area contributed by atoms with Gasteiger partial charge in [-0.2, -0.15) is 0 Å². The highest BCUT2D eigenvalue weighted by atomic mass is 32.2. The average molecular weight is 339 g/mol. The number of aliphatic carboxylic acids is 1. The van der Waals surface area contributed by atoms with Crippen molar-refractivity contribution in [1.29, 1.82) is 0 Å². The fraction of sp³-hybridized carbons (Fsp3) is 0.500. The Morgan fingerprint density at radius 2 is 2.30 bits per heavy atom. The summed E-state index contributed by atoms with van der Waals surface area (Å²) < 4.78 is 0. The predicted molar refractivity (Wildman–Crippen MR) is 88.3 cm³/mol. The molecule has 8 nitrogen and oxygen atoms in total. The van der Waals surface area contributed by atoms with E-state index >= 15 is 0 Å². The molecule has 126 valence electrons. The molecule has 0 fully saturated rings. The highest BCUT2D eigenvalue weighted by molar-refractivity contribution is 7.99. The largest absolute Gasteiger partial charge is 0.480 e. The van der Waals surface area contributed by atoms with Crippen molar-refractivity contribution >= 4 is 29.3 Å². The predicted octanol–water partition coefficient (Wildman–Crippen LogP) is 2.07. The smallest absolute Gasteiger partial charge is 0.327 e. The van der Waals surface area contributed by atoms with Crippen LogP contribution in [0.1, 0.15) is 20.3 Å². The Labute approximate surface area is 139 Å². The van der Waals surface area contributed by atoms with Crippen LogP contribution in [-0.2, 0) is 9.59 Å². The number of carbonyl (C=O) groups excluding carboxylic acids is 1. The van der Waals surface area contributed by atoms with E-state index in [0.29, 0.717) is 18.1 Å². The van der Waals surface area contributed by atoms with Crippen LogP contribution >= 0.6 is 11.8 Å². The zero-order valence-electron chi connectivity index (χ0n) is 13.2. The molecule has 0 spiro atoms. The monoisotopic (exact) mass is 339 g/mol. The maximum Gasteiger partial charge on any atom is 0.327 e. The number of hydrogen-bond acceptors (Lipinski definition) is 6. The van der Waals surface area contributed by atoms with E-state index < -0.39 is 12.0 Å². The molecule has 23 heavy (non-hydrogen) atoms. The number of aromatic nitrogens is 1. The van der Waals surface area contributed by atoms with Gasteiger partial charge in [0.05, 0.1) is 12.1 Å². The lowest BCUT2D eigenvalue weighted by atomic mass is 10.3. The minimum absolute atomic E-state index is 0.261. The van der Waals surface area contributed by atoms with Crippen LogP contribution in [0.2, 0.25) is 0 Å². The molecule has 0 aromatic carbocycles. The number of nitrogens with zero attached hydrogens (tertiary/aromatic N) is 4. The molecule has 0 radical (unpaired) electrons. The van der Waals surface area contributed by atoms with Crippen LogP contribution in [0.3, 0.4) is 0 Å². The Hall–Kier alpha value is -2.16. The third kappa shape index (κ3) is 8.15. The molecule has 1 rings (SSSR count). The van der Waals surface area contributed by atoms with Crippen molar-refractivity contribution in [2.24, 2.45) is 10.3 Å². The van der Waals surface area contributed by atoms with Gasteiger partial charge in [-0.1, -0.05) is 12.1 Å². The molecule has 1 atom stereocenters. The van der Waals surface area contributed by atoms with Gasteiger partial charge < -0.3 is 10.4 Å². The summed E-state index contributed by atoms with van der Waals surface area (Å²) in [4.78, 5) is 26.0. The van der Waals surface area contributed by atoms with Gasteiger partial charge in [0, 0.05) is 25.4 Å². The first-order chi connectivity index (χ1) is 11.0. The van der Waals surface area contributed by atoms with E-state index in [4.69, 9.17) is 5.11 Å². The van der Waals surface area contributed by atoms with Gasteiger partial charge in [-0.05, 0) is 18.6 Å². The first-order valence-corrected chi connectivity index (χ1v) is 8.32. The van der Waals surface area contributed by atoms with E-state index in [1.54, 1.807) is 29.5 Å². The summed E-state index contributed by atoms with van der Waals surface area (Å²) >= 11 is 1.38. The number of carbonyl (C=O) groups is 2. The number of carboxylic acid groups (broad SMARTS) is 1. The molecule has 0 saturated heterocycles. The van der Waals surface area contributed by atoms with Gasteiger partial charge in [0.15, 0.2) is 0 Å². The fourth-order valence-corrected chi connectivity index (χ4v) is 2.58. The van der Waals surface area contributed by atoms with E-state index in [1.807, 2.05) is 6.92 Å². The van der Waals surface area contributed by atoms with Crippen molar-refractivity contribution < 1.29 is 14.7 Å². The van der Waals surface area contributed by atoms with Crippen molar-refractivity contribution in [3.63, 3.8) is 0 Å². The number of hydrogen-bond donors (Lipinski definition) is 2. The first kappa shape index (κ1) is 18.9. The van der Waals surface area contributed by atoms with Crippen molar-refractivity contribution in [2.45, 2.75) is 26.3 Å². The molecule has 1 aromatic heterocycles. The van der Waals surface area contributed by atoms with Crippen molar-refractivity contribution in [3.8, 4) is 0 Å². The van der Waals surface area contributed by atoms with Gasteiger partial charge in [-0.3, -0.25) is 14.8 Å². The van der Waals surface area contributed by atoms with Gasteiger partial charge in [-0.25, -0.2) is 4.79 Å². The summed E-state index contributed by atoms with van der Waals surface area (Å²) in [7, 11) is 0. The summed E-state index contributed by atoms with van der Waals surface area (Å²) in [6, 6.07) is 2.67. The number of pyridine rings is 1. The van der Waals surface area contributed by atoms with Crippen LogP contribution in [0.25, 0.3) is 0 Å². The molecule has 0 aliphatic heterocycles. The van der Waals surface area contributed by atoms with Crippen molar-refractivity contribution in [3.05, 3.63) is 24.5 Å². The fourth-order valence-electron chi connectivity index (χ4n) is 1.62. The van der Waals surface area contributed by atoms with Gasteiger partial charge >= 0.3 is 5.97 Å². The van der Waals surface area contributed by atoms with Crippen molar-refractivity contribution in [1.82, 2.24) is 15.3 Å². The topological polar surface area (TPSA) is 107 Å². The van der Waals surface area contributed by atoms with Gasteiger partial charge in [0.2, 0.25) is 5.91 Å². The van der Waals surface area contributed by atoms with Gasteiger partial charge in [-0.15, -0.1) is 16.9 Å². The molecular formula is C14H21N5O3S. The molecule has 0 aliphatic carbocycles. The Balaban J connectivity index is 2.50. The Morgan fingerprint density at radius 1 is 1.52 bits per heavy atom. The molecule has 1 heterocycles. The molecule has 1 aromatic rings. The average Bonchev–Trinajstić information content (AvgIpc) is 2.52.